The molecule has 2 aromatic rings. The average molecular weight is 349 g/mol. The summed E-state index contributed by atoms with van der Waals surface area (Å²) in [6.07, 6.45) is 3.04. The second-order valence-electron chi connectivity index (χ2n) is 5.03. The van der Waals surface area contributed by atoms with Crippen LogP contribution >= 0.6 is 15.9 Å². The number of nitrogens with zero attached hydrogens (tertiary/aromatic N) is 2. The van der Waals surface area contributed by atoms with Crippen LogP contribution in [0.5, 0.6) is 0 Å². The normalized spacial score (nSPS) is 10.5. The average Bonchev–Trinajstić information content (AvgIpc) is 2.48. The van der Waals surface area contributed by atoms with Crippen molar-refractivity contribution in [2.45, 2.75) is 13.8 Å². The quantitative estimate of drug-likeness (QED) is 0.869. The largest absolute Gasteiger partial charge is 0.352 e. The summed E-state index contributed by atoms with van der Waals surface area (Å²) in [4.78, 5) is 20.1. The molecule has 1 heterocycles. The van der Waals surface area contributed by atoms with Crippen LogP contribution in [0.25, 0.3) is 0 Å². The number of anilines is 2. The van der Waals surface area contributed by atoms with E-state index in [1.54, 1.807) is 0 Å². The van der Waals surface area contributed by atoms with Gasteiger partial charge in [-0.15, -0.1) is 0 Å². The molecule has 1 aromatic carbocycles. The van der Waals surface area contributed by atoms with Gasteiger partial charge in [0.25, 0.3) is 5.91 Å². The molecule has 1 amide bonds. The van der Waals surface area contributed by atoms with Gasteiger partial charge in [-0.05, 0) is 30.2 Å². The van der Waals surface area contributed by atoms with Gasteiger partial charge in [0.1, 0.15) is 0 Å². The molecule has 0 aliphatic carbocycles. The summed E-state index contributed by atoms with van der Waals surface area (Å²) >= 11 is 3.38. The summed E-state index contributed by atoms with van der Waals surface area (Å²) in [5, 5.41) is 5.90. The van der Waals surface area contributed by atoms with Crippen LogP contribution < -0.4 is 10.6 Å². The molecule has 6 heteroatoms. The first-order chi connectivity index (χ1) is 10.0. The Kier molecular flexibility index (Phi) is 5.27. The standard InChI is InChI=1S/C15H17BrN4O/c1-10(2)7-17-14(21)11-8-18-15(19-9-11)20-13-5-3-12(16)4-6-13/h3-6,8-10H,7H2,1-2H3,(H,17,21)(H,18,19,20). The molecule has 0 aliphatic heterocycles. The SMILES string of the molecule is CC(C)CNC(=O)c1cnc(Nc2ccc(Br)cc2)nc1. The highest BCUT2D eigenvalue weighted by molar-refractivity contribution is 9.10. The van der Waals surface area contributed by atoms with E-state index in [1.807, 2.05) is 38.1 Å². The van der Waals surface area contributed by atoms with Crippen LogP contribution in [0.1, 0.15) is 24.2 Å². The Morgan fingerprint density at radius 1 is 1.19 bits per heavy atom. The lowest BCUT2D eigenvalue weighted by atomic mass is 10.2. The molecule has 0 saturated carbocycles. The molecule has 21 heavy (non-hydrogen) atoms. The van der Waals surface area contributed by atoms with E-state index >= 15 is 0 Å². The molecule has 0 unspecified atom stereocenters. The lowest BCUT2D eigenvalue weighted by Gasteiger charge is -2.08. The first kappa shape index (κ1) is 15.4. The van der Waals surface area contributed by atoms with Crippen LogP contribution in [0, 0.1) is 5.92 Å². The zero-order valence-electron chi connectivity index (χ0n) is 11.9. The summed E-state index contributed by atoms with van der Waals surface area (Å²) in [7, 11) is 0. The van der Waals surface area contributed by atoms with E-state index in [1.165, 1.54) is 12.4 Å². The molecule has 5 nitrogen and oxygen atoms in total. The number of rotatable bonds is 5. The highest BCUT2D eigenvalue weighted by atomic mass is 79.9. The lowest BCUT2D eigenvalue weighted by Crippen LogP contribution is -2.27. The maximum Gasteiger partial charge on any atom is 0.254 e. The number of hydrogen-bond acceptors (Lipinski definition) is 4. The molecule has 0 spiro atoms. The van der Waals surface area contributed by atoms with E-state index in [-0.39, 0.29) is 5.91 Å². The summed E-state index contributed by atoms with van der Waals surface area (Å²) in [5.74, 6) is 0.713. The molecule has 0 radical (unpaired) electrons. The van der Waals surface area contributed by atoms with Crippen LogP contribution in [-0.2, 0) is 0 Å². The molecule has 0 saturated heterocycles. The Hall–Kier alpha value is -1.95. The summed E-state index contributed by atoms with van der Waals surface area (Å²) in [6, 6.07) is 7.68. The Morgan fingerprint density at radius 2 is 1.81 bits per heavy atom. The van der Waals surface area contributed by atoms with Crippen molar-refractivity contribution in [3.8, 4) is 0 Å². The Labute approximate surface area is 132 Å². The van der Waals surface area contributed by atoms with Crippen molar-refractivity contribution in [2.75, 3.05) is 11.9 Å². The number of nitrogens with one attached hydrogen (secondary N) is 2. The molecule has 110 valence electrons. The number of hydrogen-bond donors (Lipinski definition) is 2. The Morgan fingerprint density at radius 3 is 2.38 bits per heavy atom. The smallest absolute Gasteiger partial charge is 0.254 e. The zero-order chi connectivity index (χ0) is 15.2. The first-order valence-corrected chi connectivity index (χ1v) is 7.46. The molecule has 0 atom stereocenters. The zero-order valence-corrected chi connectivity index (χ0v) is 13.5. The molecular weight excluding hydrogens is 332 g/mol. The van der Waals surface area contributed by atoms with Gasteiger partial charge in [-0.1, -0.05) is 29.8 Å². The number of aromatic nitrogens is 2. The maximum atomic E-state index is 11.8. The van der Waals surface area contributed by atoms with Crippen LogP contribution in [-0.4, -0.2) is 22.4 Å². The lowest BCUT2D eigenvalue weighted by molar-refractivity contribution is 0.0948. The van der Waals surface area contributed by atoms with Crippen LogP contribution in [0.15, 0.2) is 41.1 Å². The van der Waals surface area contributed by atoms with Crippen LogP contribution in [0.4, 0.5) is 11.6 Å². The Balaban J connectivity index is 1.98. The van der Waals surface area contributed by atoms with E-state index in [9.17, 15) is 4.79 Å². The molecule has 0 bridgehead atoms. The van der Waals surface area contributed by atoms with Crippen molar-refractivity contribution in [3.05, 3.63) is 46.7 Å². The van der Waals surface area contributed by atoms with Crippen molar-refractivity contribution in [1.29, 1.82) is 0 Å². The second kappa shape index (κ2) is 7.17. The Bertz CT molecular complexity index is 596. The summed E-state index contributed by atoms with van der Waals surface area (Å²) < 4.78 is 1.01. The van der Waals surface area contributed by atoms with E-state index < -0.39 is 0 Å². The van der Waals surface area contributed by atoms with E-state index in [0.29, 0.717) is 24.0 Å². The third-order valence-corrected chi connectivity index (χ3v) is 3.21. The van der Waals surface area contributed by atoms with Crippen molar-refractivity contribution >= 4 is 33.5 Å². The number of carbonyl (C=O) groups is 1. The number of halogens is 1. The van der Waals surface area contributed by atoms with Gasteiger partial charge in [0, 0.05) is 29.1 Å². The second-order valence-corrected chi connectivity index (χ2v) is 5.95. The monoisotopic (exact) mass is 348 g/mol. The van der Waals surface area contributed by atoms with Crippen LogP contribution in [0.2, 0.25) is 0 Å². The predicted molar refractivity (Wildman–Crippen MR) is 86.6 cm³/mol. The van der Waals surface area contributed by atoms with E-state index in [2.05, 4.69) is 36.5 Å². The molecule has 1 aromatic heterocycles. The number of carbonyl (C=O) groups excluding carboxylic acids is 1. The van der Waals surface area contributed by atoms with Gasteiger partial charge >= 0.3 is 0 Å². The summed E-state index contributed by atoms with van der Waals surface area (Å²) in [5.41, 5.74) is 1.34. The topological polar surface area (TPSA) is 66.9 Å². The fraction of sp³-hybridized carbons (Fsp3) is 0.267. The third-order valence-electron chi connectivity index (χ3n) is 2.69. The van der Waals surface area contributed by atoms with Gasteiger partial charge in [-0.3, -0.25) is 4.79 Å². The molecule has 0 fully saturated rings. The number of benzene rings is 1. The maximum absolute atomic E-state index is 11.8. The minimum atomic E-state index is -0.154. The summed E-state index contributed by atoms with van der Waals surface area (Å²) in [6.45, 7) is 4.72. The minimum absolute atomic E-state index is 0.154. The minimum Gasteiger partial charge on any atom is -0.352 e. The molecule has 0 aliphatic rings. The molecule has 2 N–H and O–H groups in total. The van der Waals surface area contributed by atoms with Gasteiger partial charge in [-0.25, -0.2) is 9.97 Å². The molecular formula is C15H17BrN4O. The van der Waals surface area contributed by atoms with Crippen LogP contribution in [0.3, 0.4) is 0 Å². The van der Waals surface area contributed by atoms with Crippen molar-refractivity contribution in [2.24, 2.45) is 5.92 Å². The highest BCUT2D eigenvalue weighted by Crippen LogP contribution is 2.16. The van der Waals surface area contributed by atoms with Gasteiger partial charge in [-0.2, -0.15) is 0 Å². The fourth-order valence-electron chi connectivity index (χ4n) is 1.57. The number of amides is 1. The fourth-order valence-corrected chi connectivity index (χ4v) is 1.84. The van der Waals surface area contributed by atoms with Crippen molar-refractivity contribution in [3.63, 3.8) is 0 Å². The van der Waals surface area contributed by atoms with Gasteiger partial charge in [0.05, 0.1) is 5.56 Å². The van der Waals surface area contributed by atoms with Gasteiger partial charge < -0.3 is 10.6 Å². The van der Waals surface area contributed by atoms with Crippen molar-refractivity contribution < 1.29 is 4.79 Å². The van der Waals surface area contributed by atoms with Gasteiger partial charge in [0.2, 0.25) is 5.95 Å². The van der Waals surface area contributed by atoms with Gasteiger partial charge in [0.15, 0.2) is 0 Å². The van der Waals surface area contributed by atoms with E-state index in [4.69, 9.17) is 0 Å². The first-order valence-electron chi connectivity index (χ1n) is 6.67. The third kappa shape index (κ3) is 4.82. The van der Waals surface area contributed by atoms with Crippen molar-refractivity contribution in [1.82, 2.24) is 15.3 Å². The molecule has 2 rings (SSSR count). The predicted octanol–water partition coefficient (Wildman–Crippen LogP) is 3.37. The van der Waals surface area contributed by atoms with E-state index in [0.717, 1.165) is 10.2 Å². The highest BCUT2D eigenvalue weighted by Gasteiger charge is 2.07.